The van der Waals surface area contributed by atoms with Gasteiger partial charge in [0.25, 0.3) is 0 Å². The van der Waals surface area contributed by atoms with Gasteiger partial charge in [0.05, 0.1) is 11.0 Å². The van der Waals surface area contributed by atoms with Gasteiger partial charge in [-0.25, -0.2) is 4.98 Å². The molecule has 16 heavy (non-hydrogen) atoms. The standard InChI is InChI=1S/C13H17N3/c1-8-3-4-11-12(7-8)16-13(15-11)10-5-6-14-9(10)2/h3-4,7,9-10,14H,5-6H2,1-2H3,(H,15,16). The number of H-pyrrole nitrogens is 1. The van der Waals surface area contributed by atoms with Crippen molar-refractivity contribution in [3.63, 3.8) is 0 Å². The third-order valence-electron chi connectivity index (χ3n) is 3.53. The van der Waals surface area contributed by atoms with E-state index in [0.717, 1.165) is 23.4 Å². The molecule has 2 atom stereocenters. The highest BCUT2D eigenvalue weighted by molar-refractivity contribution is 5.75. The van der Waals surface area contributed by atoms with Crippen molar-refractivity contribution in [1.82, 2.24) is 15.3 Å². The van der Waals surface area contributed by atoms with E-state index in [2.05, 4.69) is 42.3 Å². The van der Waals surface area contributed by atoms with Gasteiger partial charge in [-0.15, -0.1) is 0 Å². The Kier molecular flexibility index (Phi) is 2.21. The first-order valence-electron chi connectivity index (χ1n) is 5.94. The number of fused-ring (bicyclic) bond motifs is 1. The molecule has 2 N–H and O–H groups in total. The maximum Gasteiger partial charge on any atom is 0.111 e. The lowest BCUT2D eigenvalue weighted by Gasteiger charge is -2.11. The minimum Gasteiger partial charge on any atom is -0.342 e. The highest BCUT2D eigenvalue weighted by Crippen LogP contribution is 2.27. The van der Waals surface area contributed by atoms with E-state index in [1.165, 1.54) is 12.0 Å². The van der Waals surface area contributed by atoms with Crippen LogP contribution in [0.2, 0.25) is 0 Å². The molecular formula is C13H17N3. The molecule has 1 saturated heterocycles. The molecule has 1 aliphatic heterocycles. The number of aryl methyl sites for hydroxylation is 1. The number of aromatic nitrogens is 2. The minimum absolute atomic E-state index is 0.529. The van der Waals surface area contributed by atoms with Crippen molar-refractivity contribution >= 4 is 11.0 Å². The number of aromatic amines is 1. The lowest BCUT2D eigenvalue weighted by Crippen LogP contribution is -2.22. The lowest BCUT2D eigenvalue weighted by molar-refractivity contribution is 0.574. The summed E-state index contributed by atoms with van der Waals surface area (Å²) in [5.41, 5.74) is 3.52. The molecule has 3 rings (SSSR count). The van der Waals surface area contributed by atoms with Crippen LogP contribution >= 0.6 is 0 Å². The molecule has 0 radical (unpaired) electrons. The van der Waals surface area contributed by atoms with Crippen molar-refractivity contribution in [2.75, 3.05) is 6.54 Å². The minimum atomic E-state index is 0.529. The smallest absolute Gasteiger partial charge is 0.111 e. The fourth-order valence-corrected chi connectivity index (χ4v) is 2.55. The zero-order chi connectivity index (χ0) is 11.1. The number of rotatable bonds is 1. The first kappa shape index (κ1) is 9.85. The fourth-order valence-electron chi connectivity index (χ4n) is 2.55. The summed E-state index contributed by atoms with van der Waals surface area (Å²) in [5, 5.41) is 3.46. The van der Waals surface area contributed by atoms with E-state index >= 15 is 0 Å². The number of hydrogen-bond donors (Lipinski definition) is 2. The number of benzene rings is 1. The molecule has 3 heteroatoms. The molecule has 2 aromatic rings. The second-order valence-electron chi connectivity index (χ2n) is 4.78. The highest BCUT2D eigenvalue weighted by atomic mass is 15.0. The summed E-state index contributed by atoms with van der Waals surface area (Å²) >= 11 is 0. The molecule has 1 fully saturated rings. The van der Waals surface area contributed by atoms with Gasteiger partial charge in [-0.1, -0.05) is 6.07 Å². The first-order chi connectivity index (χ1) is 7.74. The zero-order valence-electron chi connectivity index (χ0n) is 9.75. The van der Waals surface area contributed by atoms with Crippen LogP contribution in [-0.4, -0.2) is 22.6 Å². The van der Waals surface area contributed by atoms with Gasteiger partial charge in [-0.2, -0.15) is 0 Å². The van der Waals surface area contributed by atoms with Crippen LogP contribution in [0.4, 0.5) is 0 Å². The van der Waals surface area contributed by atoms with Gasteiger partial charge in [0.15, 0.2) is 0 Å². The number of nitrogens with zero attached hydrogens (tertiary/aromatic N) is 1. The summed E-state index contributed by atoms with van der Waals surface area (Å²) < 4.78 is 0. The number of hydrogen-bond acceptors (Lipinski definition) is 2. The topological polar surface area (TPSA) is 40.7 Å². The Morgan fingerprint density at radius 1 is 1.38 bits per heavy atom. The van der Waals surface area contributed by atoms with Crippen LogP contribution in [0.5, 0.6) is 0 Å². The van der Waals surface area contributed by atoms with Crippen molar-refractivity contribution in [1.29, 1.82) is 0 Å². The van der Waals surface area contributed by atoms with Crippen molar-refractivity contribution < 1.29 is 0 Å². The summed E-state index contributed by atoms with van der Waals surface area (Å²) in [4.78, 5) is 8.15. The lowest BCUT2D eigenvalue weighted by atomic mass is 10.0. The molecule has 2 heterocycles. The Hall–Kier alpha value is -1.35. The highest BCUT2D eigenvalue weighted by Gasteiger charge is 2.26. The van der Waals surface area contributed by atoms with Crippen LogP contribution in [-0.2, 0) is 0 Å². The molecule has 2 unspecified atom stereocenters. The molecule has 0 saturated carbocycles. The second kappa shape index (κ2) is 3.59. The average Bonchev–Trinajstić information content (AvgIpc) is 2.82. The van der Waals surface area contributed by atoms with E-state index in [-0.39, 0.29) is 0 Å². The summed E-state index contributed by atoms with van der Waals surface area (Å²) in [6.07, 6.45) is 1.18. The van der Waals surface area contributed by atoms with Crippen molar-refractivity contribution in [3.05, 3.63) is 29.6 Å². The Balaban J connectivity index is 2.04. The van der Waals surface area contributed by atoms with Crippen LogP contribution in [0.1, 0.15) is 30.7 Å². The summed E-state index contributed by atoms with van der Waals surface area (Å²) in [6.45, 7) is 5.44. The van der Waals surface area contributed by atoms with Gasteiger partial charge in [0, 0.05) is 12.0 Å². The Labute approximate surface area is 95.3 Å². The molecule has 0 spiro atoms. The zero-order valence-corrected chi connectivity index (χ0v) is 9.75. The Morgan fingerprint density at radius 2 is 2.25 bits per heavy atom. The third kappa shape index (κ3) is 1.52. The van der Waals surface area contributed by atoms with Crippen LogP contribution in [0.15, 0.2) is 18.2 Å². The fraction of sp³-hybridized carbons (Fsp3) is 0.462. The van der Waals surface area contributed by atoms with E-state index in [9.17, 15) is 0 Å². The maximum atomic E-state index is 4.69. The van der Waals surface area contributed by atoms with E-state index in [4.69, 9.17) is 4.98 Å². The summed E-state index contributed by atoms with van der Waals surface area (Å²) in [5.74, 6) is 1.67. The Morgan fingerprint density at radius 3 is 3.00 bits per heavy atom. The van der Waals surface area contributed by atoms with Gasteiger partial charge in [-0.05, 0) is 44.5 Å². The normalized spacial score (nSPS) is 25.4. The van der Waals surface area contributed by atoms with Crippen molar-refractivity contribution in [2.45, 2.75) is 32.2 Å². The van der Waals surface area contributed by atoms with Gasteiger partial charge in [0.2, 0.25) is 0 Å². The Bertz CT molecular complexity index is 515. The van der Waals surface area contributed by atoms with Gasteiger partial charge < -0.3 is 10.3 Å². The molecule has 0 aliphatic carbocycles. The van der Waals surface area contributed by atoms with E-state index in [0.29, 0.717) is 12.0 Å². The molecule has 84 valence electrons. The van der Waals surface area contributed by atoms with Crippen LogP contribution in [0.3, 0.4) is 0 Å². The average molecular weight is 215 g/mol. The van der Waals surface area contributed by atoms with Crippen molar-refractivity contribution in [3.8, 4) is 0 Å². The molecule has 0 bridgehead atoms. The van der Waals surface area contributed by atoms with Gasteiger partial charge in [0.1, 0.15) is 5.82 Å². The maximum absolute atomic E-state index is 4.69. The summed E-state index contributed by atoms with van der Waals surface area (Å²) in [6, 6.07) is 6.90. The summed E-state index contributed by atoms with van der Waals surface area (Å²) in [7, 11) is 0. The largest absolute Gasteiger partial charge is 0.342 e. The van der Waals surface area contributed by atoms with Gasteiger partial charge in [-0.3, -0.25) is 0 Å². The van der Waals surface area contributed by atoms with Crippen LogP contribution in [0, 0.1) is 6.92 Å². The van der Waals surface area contributed by atoms with Crippen molar-refractivity contribution in [2.24, 2.45) is 0 Å². The van der Waals surface area contributed by atoms with E-state index < -0.39 is 0 Å². The molecule has 3 nitrogen and oxygen atoms in total. The van der Waals surface area contributed by atoms with Crippen LogP contribution in [0.25, 0.3) is 11.0 Å². The molecule has 1 aromatic heterocycles. The molecule has 0 amide bonds. The van der Waals surface area contributed by atoms with Crippen LogP contribution < -0.4 is 5.32 Å². The second-order valence-corrected chi connectivity index (χ2v) is 4.78. The number of nitrogens with one attached hydrogen (secondary N) is 2. The number of imidazole rings is 1. The predicted octanol–water partition coefficient (Wildman–Crippen LogP) is 2.34. The molecule has 1 aromatic carbocycles. The quantitative estimate of drug-likeness (QED) is 0.766. The predicted molar refractivity (Wildman–Crippen MR) is 65.7 cm³/mol. The monoisotopic (exact) mass is 215 g/mol. The molecular weight excluding hydrogens is 198 g/mol. The first-order valence-corrected chi connectivity index (χ1v) is 5.94. The van der Waals surface area contributed by atoms with E-state index in [1.807, 2.05) is 0 Å². The van der Waals surface area contributed by atoms with Gasteiger partial charge >= 0.3 is 0 Å². The SMILES string of the molecule is Cc1ccc2nc(C3CCNC3C)[nH]c2c1. The molecule has 1 aliphatic rings. The third-order valence-corrected chi connectivity index (χ3v) is 3.53. The van der Waals surface area contributed by atoms with E-state index in [1.54, 1.807) is 0 Å².